The third-order valence-corrected chi connectivity index (χ3v) is 4.00. The Morgan fingerprint density at radius 2 is 1.95 bits per heavy atom. The van der Waals surface area contributed by atoms with E-state index in [0.717, 1.165) is 27.5 Å². The fourth-order valence-electron chi connectivity index (χ4n) is 1.53. The molecule has 0 aliphatic heterocycles. The van der Waals surface area contributed by atoms with Crippen molar-refractivity contribution in [1.82, 2.24) is 10.3 Å². The molecule has 0 saturated heterocycles. The van der Waals surface area contributed by atoms with Crippen LogP contribution in [0.2, 0.25) is 0 Å². The molecule has 0 unspecified atom stereocenters. The van der Waals surface area contributed by atoms with E-state index in [-0.39, 0.29) is 5.54 Å². The molecule has 1 heterocycles. The van der Waals surface area contributed by atoms with E-state index in [4.69, 9.17) is 4.74 Å². The lowest BCUT2D eigenvalue weighted by Crippen LogP contribution is -2.35. The quantitative estimate of drug-likeness (QED) is 0.865. The zero-order valence-electron chi connectivity index (χ0n) is 11.9. The van der Waals surface area contributed by atoms with Crippen LogP contribution in [0.4, 0.5) is 0 Å². The molecule has 0 aliphatic rings. The zero-order chi connectivity index (χ0) is 14.6. The fourth-order valence-corrected chi connectivity index (χ4v) is 2.51. The number of thiazole rings is 1. The maximum atomic E-state index is 5.71. The minimum Gasteiger partial charge on any atom is -0.487 e. The summed E-state index contributed by atoms with van der Waals surface area (Å²) < 4.78 is 6.76. The molecule has 0 amide bonds. The van der Waals surface area contributed by atoms with E-state index >= 15 is 0 Å². The van der Waals surface area contributed by atoms with Crippen LogP contribution < -0.4 is 10.1 Å². The highest BCUT2D eigenvalue weighted by atomic mass is 79.9. The Kier molecular flexibility index (Phi) is 5.18. The topological polar surface area (TPSA) is 34.2 Å². The molecule has 5 heteroatoms. The first-order valence-corrected chi connectivity index (χ1v) is 8.16. The van der Waals surface area contributed by atoms with Crippen LogP contribution in [0.1, 0.15) is 31.5 Å². The molecule has 0 radical (unpaired) electrons. The molecule has 20 heavy (non-hydrogen) atoms. The van der Waals surface area contributed by atoms with Crippen molar-refractivity contribution in [3.05, 3.63) is 44.8 Å². The van der Waals surface area contributed by atoms with E-state index in [0.29, 0.717) is 6.61 Å². The van der Waals surface area contributed by atoms with Gasteiger partial charge in [0.1, 0.15) is 17.4 Å². The molecule has 0 fully saturated rings. The fraction of sp³-hybridized carbons (Fsp3) is 0.400. The zero-order valence-corrected chi connectivity index (χ0v) is 14.3. The van der Waals surface area contributed by atoms with Crippen molar-refractivity contribution in [1.29, 1.82) is 0 Å². The van der Waals surface area contributed by atoms with Crippen molar-refractivity contribution in [3.63, 3.8) is 0 Å². The lowest BCUT2D eigenvalue weighted by Gasteiger charge is -2.19. The third-order valence-electron chi connectivity index (χ3n) is 2.57. The molecular weight excluding hydrogens is 336 g/mol. The number of hydrogen-bond donors (Lipinski definition) is 1. The average Bonchev–Trinajstić information content (AvgIpc) is 2.83. The molecule has 0 spiro atoms. The van der Waals surface area contributed by atoms with Gasteiger partial charge in [-0.15, -0.1) is 11.3 Å². The number of hydrogen-bond acceptors (Lipinski definition) is 4. The maximum Gasteiger partial charge on any atom is 0.131 e. The summed E-state index contributed by atoms with van der Waals surface area (Å²) in [6.45, 7) is 7.76. The summed E-state index contributed by atoms with van der Waals surface area (Å²) in [5, 5.41) is 6.58. The van der Waals surface area contributed by atoms with Crippen molar-refractivity contribution < 1.29 is 4.74 Å². The van der Waals surface area contributed by atoms with Gasteiger partial charge in [-0.05, 0) is 45.0 Å². The number of ether oxygens (including phenoxy) is 1. The Labute approximate surface area is 132 Å². The molecule has 2 aromatic rings. The minimum absolute atomic E-state index is 0.111. The SMILES string of the molecule is CC(C)(C)NCc1nc(COc2ccc(Br)cc2)cs1. The van der Waals surface area contributed by atoms with E-state index < -0.39 is 0 Å². The molecule has 2 rings (SSSR count). The number of aromatic nitrogens is 1. The van der Waals surface area contributed by atoms with Crippen LogP contribution in [-0.2, 0) is 13.2 Å². The number of nitrogens with one attached hydrogen (secondary N) is 1. The Bertz CT molecular complexity index is 546. The smallest absolute Gasteiger partial charge is 0.131 e. The first kappa shape index (κ1) is 15.5. The summed E-state index contributed by atoms with van der Waals surface area (Å²) in [6, 6.07) is 7.82. The van der Waals surface area contributed by atoms with Crippen molar-refractivity contribution in [3.8, 4) is 5.75 Å². The van der Waals surface area contributed by atoms with Crippen LogP contribution in [0.25, 0.3) is 0 Å². The Hall–Kier alpha value is -0.910. The number of nitrogens with zero attached hydrogens (tertiary/aromatic N) is 1. The Balaban J connectivity index is 1.85. The average molecular weight is 355 g/mol. The van der Waals surface area contributed by atoms with Gasteiger partial charge >= 0.3 is 0 Å². The lowest BCUT2D eigenvalue weighted by molar-refractivity contribution is 0.301. The van der Waals surface area contributed by atoms with E-state index in [1.54, 1.807) is 11.3 Å². The van der Waals surface area contributed by atoms with Gasteiger partial charge in [0.15, 0.2) is 0 Å². The molecule has 0 bridgehead atoms. The van der Waals surface area contributed by atoms with Gasteiger partial charge in [0.05, 0.1) is 5.69 Å². The lowest BCUT2D eigenvalue weighted by atomic mass is 10.1. The summed E-state index contributed by atoms with van der Waals surface area (Å²) in [5.41, 5.74) is 1.09. The Morgan fingerprint density at radius 1 is 1.25 bits per heavy atom. The molecule has 1 N–H and O–H groups in total. The highest BCUT2D eigenvalue weighted by Crippen LogP contribution is 2.18. The predicted molar refractivity (Wildman–Crippen MR) is 87.2 cm³/mol. The molecule has 1 aromatic carbocycles. The van der Waals surface area contributed by atoms with Gasteiger partial charge in [-0.3, -0.25) is 0 Å². The van der Waals surface area contributed by atoms with Crippen LogP contribution in [0, 0.1) is 0 Å². The summed E-state index contributed by atoms with van der Waals surface area (Å²) in [5.74, 6) is 0.857. The first-order chi connectivity index (χ1) is 9.42. The van der Waals surface area contributed by atoms with Gasteiger partial charge < -0.3 is 10.1 Å². The van der Waals surface area contributed by atoms with Gasteiger partial charge in [0.25, 0.3) is 0 Å². The number of benzene rings is 1. The van der Waals surface area contributed by atoms with Crippen molar-refractivity contribution in [2.75, 3.05) is 0 Å². The standard InChI is InChI=1S/C15H19BrN2OS/c1-15(2,3)17-8-14-18-12(10-20-14)9-19-13-6-4-11(16)5-7-13/h4-7,10,17H,8-9H2,1-3H3. The van der Waals surface area contributed by atoms with Crippen molar-refractivity contribution in [2.24, 2.45) is 0 Å². The summed E-state index contributed by atoms with van der Waals surface area (Å²) in [7, 11) is 0. The molecular formula is C15H19BrN2OS. The Morgan fingerprint density at radius 3 is 2.60 bits per heavy atom. The van der Waals surface area contributed by atoms with Crippen LogP contribution in [0.3, 0.4) is 0 Å². The third kappa shape index (κ3) is 5.23. The van der Waals surface area contributed by atoms with Crippen LogP contribution in [0.15, 0.2) is 34.1 Å². The number of halogens is 1. The second-order valence-corrected chi connectivity index (χ2v) is 7.44. The second kappa shape index (κ2) is 6.70. The van der Waals surface area contributed by atoms with Crippen molar-refractivity contribution in [2.45, 2.75) is 39.5 Å². The number of rotatable bonds is 5. The molecule has 0 saturated carbocycles. The first-order valence-electron chi connectivity index (χ1n) is 6.49. The van der Waals surface area contributed by atoms with Crippen LogP contribution in [0.5, 0.6) is 5.75 Å². The molecule has 0 atom stereocenters. The largest absolute Gasteiger partial charge is 0.487 e. The van der Waals surface area contributed by atoms with Crippen molar-refractivity contribution >= 4 is 27.3 Å². The maximum absolute atomic E-state index is 5.71. The summed E-state index contributed by atoms with van der Waals surface area (Å²) >= 11 is 5.07. The van der Waals surface area contributed by atoms with Crippen LogP contribution >= 0.6 is 27.3 Å². The predicted octanol–water partition coefficient (Wildman–Crippen LogP) is 4.37. The van der Waals surface area contributed by atoms with E-state index in [9.17, 15) is 0 Å². The summed E-state index contributed by atoms with van der Waals surface area (Å²) in [6.07, 6.45) is 0. The van der Waals surface area contributed by atoms with Gasteiger partial charge in [0, 0.05) is 21.9 Å². The second-order valence-electron chi connectivity index (χ2n) is 5.58. The van der Waals surface area contributed by atoms with Gasteiger partial charge in [-0.25, -0.2) is 4.98 Å². The van der Waals surface area contributed by atoms with E-state index in [2.05, 4.69) is 52.4 Å². The monoisotopic (exact) mass is 354 g/mol. The van der Waals surface area contributed by atoms with Gasteiger partial charge in [0.2, 0.25) is 0 Å². The summed E-state index contributed by atoms with van der Waals surface area (Å²) in [4.78, 5) is 4.57. The molecule has 3 nitrogen and oxygen atoms in total. The normalized spacial score (nSPS) is 11.6. The van der Waals surface area contributed by atoms with Gasteiger partial charge in [-0.2, -0.15) is 0 Å². The molecule has 0 aliphatic carbocycles. The minimum atomic E-state index is 0.111. The van der Waals surface area contributed by atoms with E-state index in [1.807, 2.05) is 24.3 Å². The highest BCUT2D eigenvalue weighted by molar-refractivity contribution is 9.10. The highest BCUT2D eigenvalue weighted by Gasteiger charge is 2.10. The van der Waals surface area contributed by atoms with Gasteiger partial charge in [-0.1, -0.05) is 15.9 Å². The molecule has 1 aromatic heterocycles. The van der Waals surface area contributed by atoms with Crippen LogP contribution in [-0.4, -0.2) is 10.5 Å². The van der Waals surface area contributed by atoms with E-state index in [1.165, 1.54) is 0 Å². The molecule has 108 valence electrons.